The molecule has 0 fully saturated rings. The first-order valence-electron chi connectivity index (χ1n) is 7.67. The number of hydrogen-bond acceptors (Lipinski definition) is 1. The average molecular weight is 329 g/mol. The summed E-state index contributed by atoms with van der Waals surface area (Å²) >= 11 is -2.03. The van der Waals surface area contributed by atoms with Crippen LogP contribution in [0.25, 0.3) is 11.3 Å². The minimum atomic E-state index is -2.03. The number of nitrogens with zero attached hydrogens (tertiary/aromatic N) is 1. The van der Waals surface area contributed by atoms with Crippen LogP contribution in [0.3, 0.4) is 0 Å². The first kappa shape index (κ1) is 13.9. The SMILES string of the molecule is [2H]C(C)(C)c1cc(-c2cccc(C)c2)nc[c]1[Ge]([CH3])([CH3])[CH3]. The summed E-state index contributed by atoms with van der Waals surface area (Å²) in [7, 11) is 0. The van der Waals surface area contributed by atoms with Crippen LogP contribution in [0.2, 0.25) is 17.3 Å². The predicted molar refractivity (Wildman–Crippen MR) is 91.5 cm³/mol. The van der Waals surface area contributed by atoms with Crippen LogP contribution < -0.4 is 4.40 Å². The van der Waals surface area contributed by atoms with Crippen molar-refractivity contribution in [2.45, 2.75) is 43.9 Å². The number of hydrogen-bond donors (Lipinski definition) is 0. The summed E-state index contributed by atoms with van der Waals surface area (Å²) in [5, 5.41) is 0. The number of benzene rings is 1. The summed E-state index contributed by atoms with van der Waals surface area (Å²) < 4.78 is 9.84. The Balaban J connectivity index is 2.63. The van der Waals surface area contributed by atoms with E-state index in [1.54, 1.807) is 0 Å². The van der Waals surface area contributed by atoms with Gasteiger partial charge < -0.3 is 0 Å². The third kappa shape index (κ3) is 3.32. The Kier molecular flexibility index (Phi) is 3.97. The number of rotatable bonds is 3. The fourth-order valence-electron chi connectivity index (χ4n) is 2.43. The zero-order valence-electron chi connectivity index (χ0n) is 14.4. The van der Waals surface area contributed by atoms with Crippen molar-refractivity contribution in [3.63, 3.8) is 0 Å². The van der Waals surface area contributed by atoms with Crippen LogP contribution >= 0.6 is 0 Å². The molecule has 1 heterocycles. The summed E-state index contributed by atoms with van der Waals surface area (Å²) in [4.78, 5) is 4.69. The van der Waals surface area contributed by atoms with E-state index in [9.17, 15) is 0 Å². The first-order chi connectivity index (χ1) is 9.59. The molecule has 1 aromatic carbocycles. The fraction of sp³-hybridized carbons (Fsp3) is 0.389. The summed E-state index contributed by atoms with van der Waals surface area (Å²) in [5.74, 6) is 6.49. The molecule has 2 aromatic rings. The summed E-state index contributed by atoms with van der Waals surface area (Å²) in [6.45, 7) is 6.04. The van der Waals surface area contributed by atoms with Crippen LogP contribution in [0.5, 0.6) is 0 Å². The van der Waals surface area contributed by atoms with Gasteiger partial charge in [0.2, 0.25) is 0 Å². The van der Waals surface area contributed by atoms with Crippen LogP contribution in [-0.4, -0.2) is 18.3 Å². The van der Waals surface area contributed by atoms with Crippen LogP contribution in [0.1, 0.15) is 32.2 Å². The van der Waals surface area contributed by atoms with E-state index in [2.05, 4.69) is 54.5 Å². The molecule has 0 aliphatic heterocycles. The van der Waals surface area contributed by atoms with Crippen molar-refractivity contribution in [1.29, 1.82) is 0 Å². The molecule has 0 amide bonds. The summed E-state index contributed by atoms with van der Waals surface area (Å²) in [6.07, 6.45) is 2.03. The third-order valence-corrected chi connectivity index (χ3v) is 7.79. The summed E-state index contributed by atoms with van der Waals surface area (Å²) in [6, 6.07) is 10.5. The van der Waals surface area contributed by atoms with E-state index in [1.807, 2.05) is 20.0 Å². The Labute approximate surface area is 127 Å². The molecule has 1 nitrogen and oxygen atoms in total. The van der Waals surface area contributed by atoms with Crippen molar-refractivity contribution < 1.29 is 1.37 Å². The second-order valence-electron chi connectivity index (χ2n) is 6.73. The molecule has 0 aliphatic carbocycles. The molecule has 2 rings (SSSR count). The maximum atomic E-state index is 8.50. The van der Waals surface area contributed by atoms with Gasteiger partial charge in [0, 0.05) is 0 Å². The Morgan fingerprint density at radius 2 is 1.85 bits per heavy atom. The number of aryl methyl sites for hydroxylation is 1. The average Bonchev–Trinajstić information content (AvgIpc) is 2.36. The van der Waals surface area contributed by atoms with Crippen molar-refractivity contribution in [2.24, 2.45) is 0 Å². The minimum absolute atomic E-state index is 0.588. The molecule has 0 saturated carbocycles. The Morgan fingerprint density at radius 3 is 2.40 bits per heavy atom. The van der Waals surface area contributed by atoms with E-state index in [1.165, 1.54) is 9.96 Å². The zero-order valence-corrected chi connectivity index (χ0v) is 15.5. The molecule has 0 spiro atoms. The third-order valence-electron chi connectivity index (χ3n) is 3.56. The van der Waals surface area contributed by atoms with Crippen LogP contribution in [0.15, 0.2) is 36.5 Å². The number of pyridine rings is 1. The normalized spacial score (nSPS) is 13.2. The van der Waals surface area contributed by atoms with Gasteiger partial charge in [-0.15, -0.1) is 0 Å². The molecule has 0 aliphatic rings. The van der Waals surface area contributed by atoms with Gasteiger partial charge in [0.15, 0.2) is 0 Å². The van der Waals surface area contributed by atoms with Crippen molar-refractivity contribution in [1.82, 2.24) is 4.98 Å². The molecule has 0 N–H and O–H groups in total. The molecule has 0 bridgehead atoms. The van der Waals surface area contributed by atoms with Crippen LogP contribution in [-0.2, 0) is 0 Å². The van der Waals surface area contributed by atoms with Crippen LogP contribution in [0.4, 0.5) is 0 Å². The Morgan fingerprint density at radius 1 is 1.15 bits per heavy atom. The topological polar surface area (TPSA) is 12.9 Å². The van der Waals surface area contributed by atoms with E-state index in [-0.39, 0.29) is 0 Å². The van der Waals surface area contributed by atoms with Gasteiger partial charge in [0.1, 0.15) is 0 Å². The van der Waals surface area contributed by atoms with Gasteiger partial charge in [-0.05, 0) is 0 Å². The molecule has 1 aromatic heterocycles. The maximum absolute atomic E-state index is 8.50. The van der Waals surface area contributed by atoms with E-state index in [0.717, 1.165) is 16.8 Å². The van der Waals surface area contributed by atoms with E-state index in [0.29, 0.717) is 0 Å². The van der Waals surface area contributed by atoms with E-state index in [4.69, 9.17) is 6.35 Å². The first-order valence-corrected chi connectivity index (χ1v) is 14.5. The van der Waals surface area contributed by atoms with Gasteiger partial charge >= 0.3 is 127 Å². The van der Waals surface area contributed by atoms with Gasteiger partial charge in [0.05, 0.1) is 0 Å². The van der Waals surface area contributed by atoms with Gasteiger partial charge in [-0.2, -0.15) is 0 Å². The number of aromatic nitrogens is 1. The Hall–Kier alpha value is -1.09. The molecule has 20 heavy (non-hydrogen) atoms. The van der Waals surface area contributed by atoms with Gasteiger partial charge in [-0.1, -0.05) is 0 Å². The van der Waals surface area contributed by atoms with Gasteiger partial charge in [-0.3, -0.25) is 0 Å². The van der Waals surface area contributed by atoms with Crippen molar-refractivity contribution in [3.8, 4) is 11.3 Å². The van der Waals surface area contributed by atoms with E-state index >= 15 is 0 Å². The monoisotopic (exact) mass is 330 g/mol. The zero-order chi connectivity index (χ0) is 15.8. The molecule has 0 saturated heterocycles. The molecule has 0 atom stereocenters. The molecular weight excluding hydrogens is 303 g/mol. The second-order valence-corrected chi connectivity index (χ2v) is 17.3. The second kappa shape index (κ2) is 5.73. The molecule has 106 valence electrons. The Bertz CT molecular complexity index is 651. The standard InChI is InChI=1S/C18H25GeN/c1-13(2)16-11-18(15-9-7-8-14(3)10-15)20-12-17(16)19(4,5)6/h7-13H,1-6H3/i13D. The quantitative estimate of drug-likeness (QED) is 0.742. The van der Waals surface area contributed by atoms with Crippen LogP contribution in [0, 0.1) is 6.92 Å². The van der Waals surface area contributed by atoms with Crippen molar-refractivity contribution in [3.05, 3.63) is 47.7 Å². The van der Waals surface area contributed by atoms with E-state index < -0.39 is 19.2 Å². The molecule has 0 radical (unpaired) electrons. The van der Waals surface area contributed by atoms with Gasteiger partial charge in [0.25, 0.3) is 0 Å². The fourth-order valence-corrected chi connectivity index (χ4v) is 5.75. The van der Waals surface area contributed by atoms with Gasteiger partial charge in [-0.25, -0.2) is 0 Å². The van der Waals surface area contributed by atoms with Crippen molar-refractivity contribution in [2.75, 3.05) is 0 Å². The summed E-state index contributed by atoms with van der Waals surface area (Å²) in [5.41, 5.74) is 4.48. The predicted octanol–water partition coefficient (Wildman–Crippen LogP) is 4.73. The molecular formula is C18H25GeN. The van der Waals surface area contributed by atoms with Crippen molar-refractivity contribution >= 4 is 17.7 Å². The molecule has 2 heteroatoms. The molecule has 0 unspecified atom stereocenters.